The first-order valence-electron chi connectivity index (χ1n) is 6.79. The zero-order valence-corrected chi connectivity index (χ0v) is 13.5. The minimum absolute atomic E-state index is 0.0183. The number of nitrogens with zero attached hydrogens (tertiary/aromatic N) is 1. The Balaban J connectivity index is 2.30. The molecule has 1 aromatic carbocycles. The van der Waals surface area contributed by atoms with Gasteiger partial charge in [0, 0.05) is 6.54 Å². The van der Waals surface area contributed by atoms with Gasteiger partial charge in [0.05, 0.1) is 23.3 Å². The quantitative estimate of drug-likeness (QED) is 0.890. The number of phenolic OH excluding ortho intramolecular Hbond substituents is 1. The standard InChI is InChI=1S/C14H18Cl2N2O3/c1-3-18-6-4-5-10(18)17-14(20)11-12(19)8(15)7-9(16)13(11)21-2/h7,10,19H,3-6H2,1-2H3,(H,17,20)/t10-/m0/s1/i2-1. The molecule has 2 N–H and O–H groups in total. The summed E-state index contributed by atoms with van der Waals surface area (Å²) in [5.41, 5.74) is -0.0297. The van der Waals surface area contributed by atoms with Crippen LogP contribution in [0.4, 0.5) is 0 Å². The van der Waals surface area contributed by atoms with E-state index in [-0.39, 0.29) is 33.3 Å². The first kappa shape index (κ1) is 16.2. The normalized spacial score (nSPS) is 18.8. The third-order valence-corrected chi connectivity index (χ3v) is 4.23. The van der Waals surface area contributed by atoms with Gasteiger partial charge in [0.1, 0.15) is 5.56 Å². The molecule has 1 aromatic rings. The Kier molecular flexibility index (Phi) is 5.19. The highest BCUT2D eigenvalue weighted by atomic mass is 35.5. The van der Waals surface area contributed by atoms with Gasteiger partial charge in [-0.3, -0.25) is 9.69 Å². The number of nitrogens with one attached hydrogen (secondary N) is 1. The van der Waals surface area contributed by atoms with E-state index in [4.69, 9.17) is 27.9 Å². The number of aromatic hydroxyl groups is 1. The van der Waals surface area contributed by atoms with Crippen molar-refractivity contribution in [3.05, 3.63) is 21.7 Å². The fraction of sp³-hybridized carbons (Fsp3) is 0.500. The van der Waals surface area contributed by atoms with Crippen LogP contribution in [0, 0.1) is 0 Å². The Hall–Kier alpha value is -1.17. The fourth-order valence-electron chi connectivity index (χ4n) is 2.59. The second kappa shape index (κ2) is 6.73. The Morgan fingerprint density at radius 2 is 2.24 bits per heavy atom. The van der Waals surface area contributed by atoms with E-state index < -0.39 is 5.91 Å². The summed E-state index contributed by atoms with van der Waals surface area (Å²) < 4.78 is 5.13. The summed E-state index contributed by atoms with van der Waals surface area (Å²) in [4.78, 5) is 14.6. The Bertz CT molecular complexity index is 552. The SMILES string of the molecule is CCN1CCC[C@H]1NC(=O)c1c(O)c(Cl)cc(Cl)c1O[11CH3]. The molecule has 0 radical (unpaired) electrons. The second-order valence-electron chi connectivity index (χ2n) is 4.86. The molecule has 116 valence electrons. The van der Waals surface area contributed by atoms with Crippen molar-refractivity contribution in [1.29, 1.82) is 0 Å². The second-order valence-corrected chi connectivity index (χ2v) is 5.67. The highest BCUT2D eigenvalue weighted by molar-refractivity contribution is 6.37. The van der Waals surface area contributed by atoms with Crippen LogP contribution in [0.1, 0.15) is 30.1 Å². The van der Waals surface area contributed by atoms with Crippen molar-refractivity contribution in [2.45, 2.75) is 25.9 Å². The number of carbonyl (C=O) groups is 1. The van der Waals surface area contributed by atoms with E-state index in [0.717, 1.165) is 25.9 Å². The molecule has 1 aliphatic heterocycles. The molecule has 5 nitrogen and oxygen atoms in total. The summed E-state index contributed by atoms with van der Waals surface area (Å²) in [5, 5.41) is 13.2. The summed E-state index contributed by atoms with van der Waals surface area (Å²) in [6.45, 7) is 3.84. The Morgan fingerprint density at radius 1 is 1.52 bits per heavy atom. The number of amides is 1. The Labute approximate surface area is 133 Å². The van der Waals surface area contributed by atoms with Crippen LogP contribution in [-0.2, 0) is 0 Å². The molecule has 1 heterocycles. The average molecular weight is 332 g/mol. The topological polar surface area (TPSA) is 61.8 Å². The zero-order chi connectivity index (χ0) is 15.6. The smallest absolute Gasteiger partial charge is 0.260 e. The van der Waals surface area contributed by atoms with Gasteiger partial charge in [-0.2, -0.15) is 0 Å². The van der Waals surface area contributed by atoms with Gasteiger partial charge in [-0.1, -0.05) is 30.1 Å². The van der Waals surface area contributed by atoms with Gasteiger partial charge < -0.3 is 15.2 Å². The number of phenols is 1. The first-order valence-corrected chi connectivity index (χ1v) is 7.55. The lowest BCUT2D eigenvalue weighted by Gasteiger charge is -2.24. The van der Waals surface area contributed by atoms with Gasteiger partial charge in [0.25, 0.3) is 5.91 Å². The van der Waals surface area contributed by atoms with Crippen LogP contribution in [-0.4, -0.2) is 42.3 Å². The molecular formula is C14H18Cl2N2O3. The predicted octanol–water partition coefficient (Wildman–Crippen LogP) is 2.88. The number of methoxy groups -OCH3 is 1. The van der Waals surface area contributed by atoms with Crippen molar-refractivity contribution in [2.75, 3.05) is 20.2 Å². The fourth-order valence-corrected chi connectivity index (χ4v) is 3.13. The van der Waals surface area contributed by atoms with E-state index in [2.05, 4.69) is 10.2 Å². The molecule has 0 saturated carbocycles. The van der Waals surface area contributed by atoms with Gasteiger partial charge in [0.2, 0.25) is 0 Å². The third-order valence-electron chi connectivity index (χ3n) is 3.66. The summed E-state index contributed by atoms with van der Waals surface area (Å²) in [7, 11) is 1.39. The van der Waals surface area contributed by atoms with E-state index in [0.29, 0.717) is 0 Å². The van der Waals surface area contributed by atoms with Crippen molar-refractivity contribution in [2.24, 2.45) is 0 Å². The van der Waals surface area contributed by atoms with Gasteiger partial charge in [0.15, 0.2) is 11.5 Å². The first-order chi connectivity index (χ1) is 9.99. The van der Waals surface area contributed by atoms with Gasteiger partial charge in [-0.25, -0.2) is 0 Å². The number of ether oxygens (including phenoxy) is 1. The molecule has 21 heavy (non-hydrogen) atoms. The molecule has 0 aromatic heterocycles. The van der Waals surface area contributed by atoms with Crippen molar-refractivity contribution >= 4 is 29.1 Å². The monoisotopic (exact) mass is 331 g/mol. The highest BCUT2D eigenvalue weighted by Gasteiger charge is 2.29. The number of halogens is 2. The van der Waals surface area contributed by atoms with Crippen molar-refractivity contribution < 1.29 is 14.6 Å². The molecule has 0 unspecified atom stereocenters. The summed E-state index contributed by atoms with van der Waals surface area (Å²) in [5.74, 6) is -0.646. The lowest BCUT2D eigenvalue weighted by atomic mass is 10.1. The molecule has 1 aliphatic rings. The van der Waals surface area contributed by atoms with Crippen molar-refractivity contribution in [1.82, 2.24) is 10.2 Å². The van der Waals surface area contributed by atoms with Crippen LogP contribution in [0.15, 0.2) is 6.07 Å². The van der Waals surface area contributed by atoms with Crippen molar-refractivity contribution in [3.8, 4) is 11.5 Å². The van der Waals surface area contributed by atoms with Crippen LogP contribution >= 0.6 is 23.2 Å². The van der Waals surface area contributed by atoms with E-state index in [1.807, 2.05) is 6.92 Å². The summed E-state index contributed by atoms with van der Waals surface area (Å²) in [6.07, 6.45) is 1.85. The summed E-state index contributed by atoms with van der Waals surface area (Å²) >= 11 is 11.9. The lowest BCUT2D eigenvalue weighted by molar-refractivity contribution is 0.0884. The number of hydrogen-bond donors (Lipinski definition) is 2. The lowest BCUT2D eigenvalue weighted by Crippen LogP contribution is -2.44. The minimum Gasteiger partial charge on any atom is -0.505 e. The molecule has 1 atom stereocenters. The van der Waals surface area contributed by atoms with Gasteiger partial charge in [-0.05, 0) is 25.5 Å². The molecule has 0 aliphatic carbocycles. The Morgan fingerprint density at radius 3 is 2.86 bits per heavy atom. The number of carbonyl (C=O) groups excluding carboxylic acids is 1. The number of likely N-dealkylation sites (tertiary alicyclic amines) is 1. The van der Waals surface area contributed by atoms with E-state index in [1.54, 1.807) is 0 Å². The molecule has 1 amide bonds. The number of rotatable bonds is 4. The van der Waals surface area contributed by atoms with Crippen LogP contribution in [0.3, 0.4) is 0 Å². The van der Waals surface area contributed by atoms with Crippen molar-refractivity contribution in [3.63, 3.8) is 0 Å². The highest BCUT2D eigenvalue weighted by Crippen LogP contribution is 2.40. The minimum atomic E-state index is -0.445. The molecule has 1 saturated heterocycles. The molecular weight excluding hydrogens is 314 g/mol. The number of benzene rings is 1. The molecule has 2 rings (SSSR count). The van der Waals surface area contributed by atoms with Crippen LogP contribution in [0.5, 0.6) is 11.5 Å². The molecule has 0 bridgehead atoms. The van der Waals surface area contributed by atoms with E-state index >= 15 is 0 Å². The third kappa shape index (κ3) is 3.20. The zero-order valence-electron chi connectivity index (χ0n) is 11.9. The maximum atomic E-state index is 12.5. The predicted molar refractivity (Wildman–Crippen MR) is 82.4 cm³/mol. The number of hydrogen-bond acceptors (Lipinski definition) is 4. The maximum Gasteiger partial charge on any atom is 0.260 e. The van der Waals surface area contributed by atoms with E-state index in [9.17, 15) is 9.90 Å². The average Bonchev–Trinajstić information content (AvgIpc) is 2.89. The summed E-state index contributed by atoms with van der Waals surface area (Å²) in [6, 6.07) is 1.35. The molecule has 0 spiro atoms. The van der Waals surface area contributed by atoms with E-state index in [1.165, 1.54) is 13.2 Å². The van der Waals surface area contributed by atoms with Gasteiger partial charge >= 0.3 is 0 Å². The molecule has 7 heteroatoms. The van der Waals surface area contributed by atoms with Crippen LogP contribution < -0.4 is 10.1 Å². The molecule has 1 fully saturated rings. The maximum absolute atomic E-state index is 12.5. The van der Waals surface area contributed by atoms with Gasteiger partial charge in [-0.15, -0.1) is 0 Å². The van der Waals surface area contributed by atoms with Crippen LogP contribution in [0.25, 0.3) is 0 Å². The van der Waals surface area contributed by atoms with Crippen LogP contribution in [0.2, 0.25) is 10.0 Å². The largest absolute Gasteiger partial charge is 0.505 e.